The Morgan fingerprint density at radius 3 is 2.45 bits per heavy atom. The predicted octanol–water partition coefficient (Wildman–Crippen LogP) is 5.69. The van der Waals surface area contributed by atoms with Crippen LogP contribution in [0.1, 0.15) is 39.5 Å². The highest BCUT2D eigenvalue weighted by Crippen LogP contribution is 2.37. The molecule has 1 heterocycles. The van der Waals surface area contributed by atoms with Gasteiger partial charge >= 0.3 is 11.6 Å². The fourth-order valence-electron chi connectivity index (χ4n) is 3.82. The van der Waals surface area contributed by atoms with E-state index in [1.54, 1.807) is 25.3 Å². The first-order valence-corrected chi connectivity index (χ1v) is 10.7. The summed E-state index contributed by atoms with van der Waals surface area (Å²) in [5.74, 6) is 0.599. The molecule has 1 aliphatic carbocycles. The van der Waals surface area contributed by atoms with Crippen LogP contribution in [-0.4, -0.2) is 20.1 Å². The van der Waals surface area contributed by atoms with E-state index in [0.29, 0.717) is 22.8 Å². The number of carbonyl (C=O) groups excluding carboxylic acids is 1. The van der Waals surface area contributed by atoms with Crippen LogP contribution in [0, 0.1) is 5.92 Å². The third kappa shape index (κ3) is 4.90. The van der Waals surface area contributed by atoms with Crippen molar-refractivity contribution in [3.63, 3.8) is 0 Å². The van der Waals surface area contributed by atoms with Gasteiger partial charge in [-0.15, -0.1) is 0 Å². The van der Waals surface area contributed by atoms with Crippen molar-refractivity contribution < 1.29 is 18.7 Å². The molecule has 0 atom stereocenters. The van der Waals surface area contributed by atoms with E-state index >= 15 is 0 Å². The van der Waals surface area contributed by atoms with Crippen molar-refractivity contribution in [3.05, 3.63) is 59.0 Å². The van der Waals surface area contributed by atoms with Gasteiger partial charge in [-0.1, -0.05) is 38.8 Å². The molecule has 0 radical (unpaired) electrons. The van der Waals surface area contributed by atoms with E-state index in [-0.39, 0.29) is 11.9 Å². The molecule has 0 aliphatic heterocycles. The summed E-state index contributed by atoms with van der Waals surface area (Å²) in [5, 5.41) is 0.815. The molecule has 0 saturated heterocycles. The second-order valence-electron chi connectivity index (χ2n) is 7.24. The van der Waals surface area contributed by atoms with Crippen LogP contribution in [-0.2, 0) is 4.79 Å². The quantitative estimate of drug-likeness (QED) is 0.298. The van der Waals surface area contributed by atoms with Gasteiger partial charge in [-0.25, -0.2) is 4.79 Å². The number of methoxy groups -OCH3 is 1. The zero-order valence-electron chi connectivity index (χ0n) is 18.5. The molecule has 0 spiro atoms. The summed E-state index contributed by atoms with van der Waals surface area (Å²) >= 11 is 0. The molecule has 0 unspecified atom stereocenters. The van der Waals surface area contributed by atoms with Gasteiger partial charge in [0.05, 0.1) is 18.7 Å². The zero-order valence-corrected chi connectivity index (χ0v) is 18.5. The highest BCUT2D eigenvalue weighted by Gasteiger charge is 2.26. The van der Waals surface area contributed by atoms with Gasteiger partial charge in [0.1, 0.15) is 5.58 Å². The number of hydrogen-bond donors (Lipinski definition) is 0. The first-order valence-electron chi connectivity index (χ1n) is 10.7. The maximum Gasteiger partial charge on any atom is 0.338 e. The molecule has 6 nitrogen and oxygen atoms in total. The smallest absolute Gasteiger partial charge is 0.338 e. The lowest BCUT2D eigenvalue weighted by atomic mass is 10.1. The summed E-state index contributed by atoms with van der Waals surface area (Å²) in [7, 11) is 3.40. The summed E-state index contributed by atoms with van der Waals surface area (Å²) in [4.78, 5) is 26.4. The molecule has 4 rings (SSSR count). The lowest BCUT2D eigenvalue weighted by molar-refractivity contribution is -0.138. The predicted molar refractivity (Wildman–Crippen MR) is 122 cm³/mol. The molecule has 6 heteroatoms. The zero-order chi connectivity index (χ0) is 22.4. The first kappa shape index (κ1) is 22.4. The Hall–Kier alpha value is -3.28. The Morgan fingerprint density at radius 1 is 1.03 bits per heavy atom. The number of carbonyl (C=O) groups is 1. The molecular weight excluding hydrogens is 394 g/mol. The molecule has 31 heavy (non-hydrogen) atoms. The number of rotatable bonds is 5. The van der Waals surface area contributed by atoms with Gasteiger partial charge in [0.2, 0.25) is 0 Å². The molecule has 0 amide bonds. The molecule has 1 aromatic heterocycles. The van der Waals surface area contributed by atoms with Crippen molar-refractivity contribution >= 4 is 28.3 Å². The maximum atomic E-state index is 12.5. The van der Waals surface area contributed by atoms with Gasteiger partial charge in [0, 0.05) is 30.3 Å². The molecule has 1 aliphatic rings. The molecule has 0 N–H and O–H groups in total. The van der Waals surface area contributed by atoms with Crippen molar-refractivity contribution in [2.24, 2.45) is 5.92 Å². The second kappa shape index (κ2) is 10.2. The average molecular weight is 424 g/mol. The van der Waals surface area contributed by atoms with Crippen molar-refractivity contribution in [2.45, 2.75) is 39.5 Å². The average Bonchev–Trinajstić information content (AvgIpc) is 3.34. The van der Waals surface area contributed by atoms with Crippen molar-refractivity contribution in [3.8, 4) is 11.5 Å². The minimum absolute atomic E-state index is 0.0520. The largest absolute Gasteiger partial charge is 0.493 e. The molecule has 1 saturated carbocycles. The van der Waals surface area contributed by atoms with Gasteiger partial charge in [0.25, 0.3) is 0 Å². The molecular formula is C25H29NO5. The van der Waals surface area contributed by atoms with Crippen LogP contribution >= 0.6 is 0 Å². The Labute approximate surface area is 182 Å². The Bertz CT molecular complexity index is 1100. The van der Waals surface area contributed by atoms with Crippen molar-refractivity contribution in [2.75, 3.05) is 19.1 Å². The van der Waals surface area contributed by atoms with Crippen LogP contribution in [0.4, 0.5) is 11.4 Å². The standard InChI is InChI=1S/C23H23NO5.C2H6/c1-24(18-14-22(25)28-19-10-6-5-9-17(18)19)16-11-12-20(27-2)21(13-16)29-23(26)15-7-3-4-8-15;1-2/h5-6,9-15H,3-4,7-8H2,1-2H3;1-2H3. The molecule has 164 valence electrons. The van der Waals surface area contributed by atoms with E-state index in [9.17, 15) is 9.59 Å². The highest BCUT2D eigenvalue weighted by molar-refractivity contribution is 5.92. The number of ether oxygens (including phenoxy) is 2. The minimum atomic E-state index is -0.424. The number of para-hydroxylation sites is 1. The summed E-state index contributed by atoms with van der Waals surface area (Å²) in [6, 6.07) is 14.2. The van der Waals surface area contributed by atoms with E-state index in [1.165, 1.54) is 6.07 Å². The Kier molecular flexibility index (Phi) is 7.34. The van der Waals surface area contributed by atoms with Crippen LogP contribution in [0.3, 0.4) is 0 Å². The molecule has 3 aromatic rings. The van der Waals surface area contributed by atoms with Gasteiger partial charge in [0.15, 0.2) is 11.5 Å². The van der Waals surface area contributed by atoms with E-state index in [0.717, 1.165) is 36.8 Å². The molecule has 1 fully saturated rings. The van der Waals surface area contributed by atoms with Crippen LogP contribution in [0.2, 0.25) is 0 Å². The topological polar surface area (TPSA) is 69.0 Å². The van der Waals surface area contributed by atoms with E-state index in [2.05, 4.69) is 0 Å². The number of nitrogens with zero attached hydrogens (tertiary/aromatic N) is 1. The third-order valence-electron chi connectivity index (χ3n) is 5.42. The number of benzene rings is 2. The van der Waals surface area contributed by atoms with E-state index in [4.69, 9.17) is 13.9 Å². The van der Waals surface area contributed by atoms with Crippen LogP contribution in [0.25, 0.3) is 11.0 Å². The fourth-order valence-corrected chi connectivity index (χ4v) is 3.82. The summed E-state index contributed by atoms with van der Waals surface area (Å²) in [5.41, 5.74) is 1.56. The molecule has 2 aromatic carbocycles. The highest BCUT2D eigenvalue weighted by atomic mass is 16.6. The van der Waals surface area contributed by atoms with Crippen molar-refractivity contribution in [1.29, 1.82) is 0 Å². The monoisotopic (exact) mass is 423 g/mol. The fraction of sp³-hybridized carbons (Fsp3) is 0.360. The first-order chi connectivity index (χ1) is 15.1. The normalized spacial score (nSPS) is 13.4. The van der Waals surface area contributed by atoms with Crippen LogP contribution in [0.5, 0.6) is 11.5 Å². The van der Waals surface area contributed by atoms with E-state index in [1.807, 2.05) is 50.1 Å². The lowest BCUT2D eigenvalue weighted by Crippen LogP contribution is -2.18. The SMILES string of the molecule is CC.COc1ccc(N(C)c2cc(=O)oc3ccccc23)cc1OC(=O)C1CCCC1. The molecule has 0 bridgehead atoms. The maximum absolute atomic E-state index is 12.5. The summed E-state index contributed by atoms with van der Waals surface area (Å²) in [6.07, 6.45) is 3.85. The van der Waals surface area contributed by atoms with Crippen LogP contribution in [0.15, 0.2) is 57.7 Å². The summed E-state index contributed by atoms with van der Waals surface area (Å²) < 4.78 is 16.4. The minimum Gasteiger partial charge on any atom is -0.493 e. The lowest BCUT2D eigenvalue weighted by Gasteiger charge is -2.22. The van der Waals surface area contributed by atoms with Gasteiger partial charge in [-0.3, -0.25) is 4.79 Å². The number of esters is 1. The number of fused-ring (bicyclic) bond motifs is 1. The van der Waals surface area contributed by atoms with Gasteiger partial charge in [-0.2, -0.15) is 0 Å². The Morgan fingerprint density at radius 2 is 1.74 bits per heavy atom. The Balaban J connectivity index is 0.00000132. The van der Waals surface area contributed by atoms with Gasteiger partial charge < -0.3 is 18.8 Å². The van der Waals surface area contributed by atoms with E-state index < -0.39 is 5.63 Å². The number of anilines is 2. The van der Waals surface area contributed by atoms with Crippen molar-refractivity contribution in [1.82, 2.24) is 0 Å². The van der Waals surface area contributed by atoms with Gasteiger partial charge in [-0.05, 0) is 37.1 Å². The van der Waals surface area contributed by atoms with Crippen LogP contribution < -0.4 is 20.0 Å². The second-order valence-corrected chi connectivity index (χ2v) is 7.24. The number of hydrogen-bond acceptors (Lipinski definition) is 6. The third-order valence-corrected chi connectivity index (χ3v) is 5.42. The summed E-state index contributed by atoms with van der Waals surface area (Å²) in [6.45, 7) is 4.00.